The molecule has 0 bridgehead atoms. The van der Waals surface area contributed by atoms with Crippen molar-refractivity contribution in [1.29, 1.82) is 0 Å². The molecule has 7 nitrogen and oxygen atoms in total. The number of nitrogens with zero attached hydrogens (tertiary/aromatic N) is 1. The fourth-order valence-corrected chi connectivity index (χ4v) is 3.14. The van der Waals surface area contributed by atoms with Crippen LogP contribution >= 0.6 is 11.3 Å². The number of nitrogens with one attached hydrogen (secondary N) is 1. The molecule has 4 rings (SSSR count). The number of fused-ring (bicyclic) bond motifs is 1. The van der Waals surface area contributed by atoms with Gasteiger partial charge in [0.15, 0.2) is 11.5 Å². The summed E-state index contributed by atoms with van der Waals surface area (Å²) >= 11 is 1.32. The molecule has 0 spiro atoms. The molecule has 0 unspecified atom stereocenters. The van der Waals surface area contributed by atoms with Crippen molar-refractivity contribution in [3.63, 3.8) is 0 Å². The molecule has 0 saturated heterocycles. The van der Waals surface area contributed by atoms with Gasteiger partial charge in [-0.1, -0.05) is 0 Å². The molecule has 23 heavy (non-hydrogen) atoms. The number of ether oxygens (including phenoxy) is 2. The molecule has 0 radical (unpaired) electrons. The van der Waals surface area contributed by atoms with Gasteiger partial charge in [0.05, 0.1) is 0 Å². The molecule has 1 aromatic carbocycles. The van der Waals surface area contributed by atoms with E-state index in [1.54, 1.807) is 11.4 Å². The standard InChI is InChI=1S/C15H12N2O5S/c18-12(17-15(3-4-15)14(19)20)9-6-23-13(16-9)8-1-2-10-11(5-8)22-7-21-10/h1-2,5-6H,3-4,7H2,(H,17,18)(H,19,20). The highest BCUT2D eigenvalue weighted by molar-refractivity contribution is 7.13. The molecule has 1 aliphatic heterocycles. The summed E-state index contributed by atoms with van der Waals surface area (Å²) in [5.41, 5.74) is -0.0764. The number of amides is 1. The number of hydrogen-bond acceptors (Lipinski definition) is 6. The predicted molar refractivity (Wildman–Crippen MR) is 80.7 cm³/mol. The molecule has 2 N–H and O–H groups in total. The maximum Gasteiger partial charge on any atom is 0.329 e. The lowest BCUT2D eigenvalue weighted by atomic mass is 10.2. The second kappa shape index (κ2) is 4.95. The summed E-state index contributed by atoms with van der Waals surface area (Å²) in [5.74, 6) is -0.142. The van der Waals surface area contributed by atoms with Crippen molar-refractivity contribution in [2.45, 2.75) is 18.4 Å². The zero-order valence-corrected chi connectivity index (χ0v) is 12.7. The molecule has 0 atom stereocenters. The van der Waals surface area contributed by atoms with Crippen LogP contribution in [0.3, 0.4) is 0 Å². The van der Waals surface area contributed by atoms with Crippen LogP contribution in [0.1, 0.15) is 23.3 Å². The van der Waals surface area contributed by atoms with Gasteiger partial charge in [0.1, 0.15) is 16.2 Å². The van der Waals surface area contributed by atoms with Crippen molar-refractivity contribution in [1.82, 2.24) is 10.3 Å². The number of aliphatic carboxylic acids is 1. The minimum absolute atomic E-state index is 0.196. The quantitative estimate of drug-likeness (QED) is 0.887. The third-order valence-electron chi connectivity index (χ3n) is 3.87. The molecule has 1 fully saturated rings. The lowest BCUT2D eigenvalue weighted by Gasteiger charge is -2.10. The van der Waals surface area contributed by atoms with Gasteiger partial charge in [-0.3, -0.25) is 4.79 Å². The minimum atomic E-state index is -1.11. The SMILES string of the molecule is O=C(NC1(C(=O)O)CC1)c1csc(-c2ccc3c(c2)OCO3)n1. The third-order valence-corrected chi connectivity index (χ3v) is 4.76. The number of thiazole rings is 1. The summed E-state index contributed by atoms with van der Waals surface area (Å²) < 4.78 is 10.6. The van der Waals surface area contributed by atoms with Crippen molar-refractivity contribution >= 4 is 23.2 Å². The number of carbonyl (C=O) groups excluding carboxylic acids is 1. The maximum absolute atomic E-state index is 12.2. The Morgan fingerprint density at radius 2 is 2.04 bits per heavy atom. The molecule has 1 aromatic heterocycles. The van der Waals surface area contributed by atoms with E-state index in [4.69, 9.17) is 14.6 Å². The molecule has 1 saturated carbocycles. The van der Waals surface area contributed by atoms with Crippen LogP contribution in [0.15, 0.2) is 23.6 Å². The molecular formula is C15H12N2O5S. The number of carbonyl (C=O) groups is 2. The Hall–Kier alpha value is -2.61. The van der Waals surface area contributed by atoms with Gasteiger partial charge in [-0.25, -0.2) is 9.78 Å². The molecule has 8 heteroatoms. The molecule has 2 aromatic rings. The van der Waals surface area contributed by atoms with Crippen molar-refractivity contribution in [2.75, 3.05) is 6.79 Å². The van der Waals surface area contributed by atoms with E-state index in [-0.39, 0.29) is 12.5 Å². The van der Waals surface area contributed by atoms with Gasteiger partial charge in [-0.05, 0) is 31.0 Å². The maximum atomic E-state index is 12.2. The minimum Gasteiger partial charge on any atom is -0.480 e. The van der Waals surface area contributed by atoms with E-state index in [1.807, 2.05) is 12.1 Å². The van der Waals surface area contributed by atoms with Crippen LogP contribution in [0, 0.1) is 0 Å². The Morgan fingerprint density at radius 3 is 2.78 bits per heavy atom. The number of benzene rings is 1. The Bertz CT molecular complexity index is 812. The monoisotopic (exact) mass is 332 g/mol. The van der Waals surface area contributed by atoms with Gasteiger partial charge in [0, 0.05) is 10.9 Å². The average Bonchev–Trinajstić information content (AvgIpc) is 3.00. The molecule has 1 aliphatic carbocycles. The van der Waals surface area contributed by atoms with E-state index in [2.05, 4.69) is 10.3 Å². The van der Waals surface area contributed by atoms with Crippen LogP contribution in [0.4, 0.5) is 0 Å². The van der Waals surface area contributed by atoms with Crippen LogP contribution in [0.2, 0.25) is 0 Å². The summed E-state index contributed by atoms with van der Waals surface area (Å²) in [6.07, 6.45) is 0.903. The lowest BCUT2D eigenvalue weighted by Crippen LogP contribution is -2.43. The summed E-state index contributed by atoms with van der Waals surface area (Å²) in [4.78, 5) is 27.6. The molecule has 1 amide bonds. The first-order chi connectivity index (χ1) is 11.1. The highest BCUT2D eigenvalue weighted by atomic mass is 32.1. The Morgan fingerprint density at radius 1 is 1.26 bits per heavy atom. The molecule has 118 valence electrons. The third kappa shape index (κ3) is 2.40. The van der Waals surface area contributed by atoms with Crippen molar-refractivity contribution in [3.8, 4) is 22.1 Å². The number of carboxylic acid groups (broad SMARTS) is 1. The van der Waals surface area contributed by atoms with Crippen LogP contribution in [-0.4, -0.2) is 34.3 Å². The first kappa shape index (κ1) is 14.0. The number of aromatic nitrogens is 1. The van der Waals surface area contributed by atoms with Gasteiger partial charge in [-0.2, -0.15) is 0 Å². The van der Waals surface area contributed by atoms with E-state index >= 15 is 0 Å². The number of rotatable bonds is 4. The largest absolute Gasteiger partial charge is 0.480 e. The van der Waals surface area contributed by atoms with Gasteiger partial charge >= 0.3 is 5.97 Å². The van der Waals surface area contributed by atoms with E-state index < -0.39 is 17.4 Å². The van der Waals surface area contributed by atoms with Crippen LogP contribution in [-0.2, 0) is 4.79 Å². The molecular weight excluding hydrogens is 320 g/mol. The van der Waals surface area contributed by atoms with E-state index in [0.29, 0.717) is 29.3 Å². The Kier molecular flexibility index (Phi) is 3.02. The topological polar surface area (TPSA) is 97.8 Å². The molecule has 2 heterocycles. The van der Waals surface area contributed by atoms with E-state index in [0.717, 1.165) is 5.56 Å². The normalized spacial score (nSPS) is 16.9. The molecule has 2 aliphatic rings. The van der Waals surface area contributed by atoms with Gasteiger partial charge < -0.3 is 19.9 Å². The smallest absolute Gasteiger partial charge is 0.329 e. The highest BCUT2D eigenvalue weighted by Gasteiger charge is 2.51. The van der Waals surface area contributed by atoms with Crippen LogP contribution < -0.4 is 14.8 Å². The number of carboxylic acids is 1. The summed E-state index contributed by atoms with van der Waals surface area (Å²) in [6, 6.07) is 5.44. The van der Waals surface area contributed by atoms with Crippen molar-refractivity contribution < 1.29 is 24.2 Å². The van der Waals surface area contributed by atoms with E-state index in [1.165, 1.54) is 11.3 Å². The second-order valence-electron chi connectivity index (χ2n) is 5.45. The zero-order chi connectivity index (χ0) is 16.0. The van der Waals surface area contributed by atoms with E-state index in [9.17, 15) is 9.59 Å². The first-order valence-corrected chi connectivity index (χ1v) is 7.87. The van der Waals surface area contributed by atoms with Crippen LogP contribution in [0.5, 0.6) is 11.5 Å². The second-order valence-corrected chi connectivity index (χ2v) is 6.31. The lowest BCUT2D eigenvalue weighted by molar-refractivity contribution is -0.140. The van der Waals surface area contributed by atoms with Gasteiger partial charge in [0.2, 0.25) is 6.79 Å². The van der Waals surface area contributed by atoms with Gasteiger partial charge in [0.25, 0.3) is 5.91 Å². The fraction of sp³-hybridized carbons (Fsp3) is 0.267. The average molecular weight is 332 g/mol. The Labute approximate surface area is 134 Å². The zero-order valence-electron chi connectivity index (χ0n) is 11.9. The highest BCUT2D eigenvalue weighted by Crippen LogP contribution is 2.38. The van der Waals surface area contributed by atoms with Crippen molar-refractivity contribution in [3.05, 3.63) is 29.3 Å². The fourth-order valence-electron chi connectivity index (χ4n) is 2.34. The van der Waals surface area contributed by atoms with Crippen molar-refractivity contribution in [2.24, 2.45) is 0 Å². The predicted octanol–water partition coefficient (Wildman–Crippen LogP) is 1.89. The first-order valence-electron chi connectivity index (χ1n) is 6.99. The summed E-state index contributed by atoms with van der Waals surface area (Å²) in [6.45, 7) is 0.196. The Balaban J connectivity index is 1.55. The van der Waals surface area contributed by atoms with Crippen LogP contribution in [0.25, 0.3) is 10.6 Å². The number of hydrogen-bond donors (Lipinski definition) is 2. The summed E-state index contributed by atoms with van der Waals surface area (Å²) in [7, 11) is 0. The summed E-state index contributed by atoms with van der Waals surface area (Å²) in [5, 5.41) is 13.9. The van der Waals surface area contributed by atoms with Gasteiger partial charge in [-0.15, -0.1) is 11.3 Å².